The van der Waals surface area contributed by atoms with Crippen molar-refractivity contribution in [1.29, 1.82) is 0 Å². The first-order chi connectivity index (χ1) is 9.24. The molecule has 20 heavy (non-hydrogen) atoms. The molecule has 0 aromatic carbocycles. The number of fused-ring (bicyclic) bond motifs is 2. The van der Waals surface area contributed by atoms with Crippen molar-refractivity contribution >= 4 is 0 Å². The van der Waals surface area contributed by atoms with Crippen LogP contribution in [0.25, 0.3) is 0 Å². The fraction of sp³-hybridized carbons (Fsp3) is 1.00. The number of nitrogens with one attached hydrogen (secondary N) is 2. The Morgan fingerprint density at radius 1 is 0.900 bits per heavy atom. The summed E-state index contributed by atoms with van der Waals surface area (Å²) in [6.07, 6.45) is 8.05. The second-order valence-corrected chi connectivity index (χ2v) is 8.88. The van der Waals surface area contributed by atoms with E-state index < -0.39 is 0 Å². The van der Waals surface area contributed by atoms with E-state index in [1.807, 2.05) is 0 Å². The van der Waals surface area contributed by atoms with Gasteiger partial charge in [-0.25, -0.2) is 0 Å². The highest BCUT2D eigenvalue weighted by Crippen LogP contribution is 2.35. The van der Waals surface area contributed by atoms with Crippen molar-refractivity contribution in [2.75, 3.05) is 7.05 Å². The highest BCUT2D eigenvalue weighted by molar-refractivity contribution is 5.02. The van der Waals surface area contributed by atoms with Gasteiger partial charge < -0.3 is 15.5 Å². The van der Waals surface area contributed by atoms with E-state index in [-0.39, 0.29) is 11.1 Å². The zero-order chi connectivity index (χ0) is 14.5. The fourth-order valence-corrected chi connectivity index (χ4v) is 5.32. The van der Waals surface area contributed by atoms with Gasteiger partial charge in [0.1, 0.15) is 0 Å². The molecule has 3 nitrogen and oxygen atoms in total. The summed E-state index contributed by atoms with van der Waals surface area (Å²) in [4.78, 5) is 2.63. The van der Waals surface area contributed by atoms with E-state index in [0.717, 1.165) is 18.1 Å². The third-order valence-corrected chi connectivity index (χ3v) is 5.76. The summed E-state index contributed by atoms with van der Waals surface area (Å²) in [5.41, 5.74) is 0.508. The lowest BCUT2D eigenvalue weighted by Crippen LogP contribution is -2.63. The Morgan fingerprint density at radius 3 is 1.90 bits per heavy atom. The van der Waals surface area contributed by atoms with E-state index in [2.05, 4.69) is 50.3 Å². The molecule has 0 amide bonds. The first-order valence-corrected chi connectivity index (χ1v) is 8.51. The average Bonchev–Trinajstić information content (AvgIpc) is 2.50. The van der Waals surface area contributed by atoms with Crippen LogP contribution in [0.1, 0.15) is 66.2 Å². The van der Waals surface area contributed by atoms with Crippen LogP contribution in [0.15, 0.2) is 0 Å². The van der Waals surface area contributed by atoms with Crippen molar-refractivity contribution in [3.05, 3.63) is 0 Å². The normalized spacial score (nSPS) is 41.0. The van der Waals surface area contributed by atoms with Crippen molar-refractivity contribution in [3.63, 3.8) is 0 Å². The largest absolute Gasteiger partial charge is 0.311 e. The van der Waals surface area contributed by atoms with Crippen LogP contribution in [0.4, 0.5) is 0 Å². The Bertz CT molecular complexity index is 333. The van der Waals surface area contributed by atoms with E-state index in [1.54, 1.807) is 0 Å². The molecule has 0 saturated carbocycles. The SMILES string of the molecule is CN1C2CCC1CC(NC1CC(C)(C)NC(C)(C)C1)C2. The molecule has 3 fully saturated rings. The third-order valence-electron chi connectivity index (χ3n) is 5.76. The van der Waals surface area contributed by atoms with Crippen LogP contribution < -0.4 is 10.6 Å². The Morgan fingerprint density at radius 2 is 1.40 bits per heavy atom. The molecule has 0 radical (unpaired) electrons. The molecule has 0 aromatic rings. The van der Waals surface area contributed by atoms with Gasteiger partial charge in [0.15, 0.2) is 0 Å². The van der Waals surface area contributed by atoms with E-state index in [0.29, 0.717) is 6.04 Å². The number of piperidine rings is 2. The van der Waals surface area contributed by atoms with Crippen LogP contribution in [-0.4, -0.2) is 47.2 Å². The predicted molar refractivity (Wildman–Crippen MR) is 85.0 cm³/mol. The lowest BCUT2D eigenvalue weighted by molar-refractivity contribution is 0.107. The van der Waals surface area contributed by atoms with Gasteiger partial charge in [-0.05, 0) is 73.3 Å². The van der Waals surface area contributed by atoms with Gasteiger partial charge in [0.25, 0.3) is 0 Å². The molecule has 2 unspecified atom stereocenters. The summed E-state index contributed by atoms with van der Waals surface area (Å²) in [6, 6.07) is 3.11. The van der Waals surface area contributed by atoms with Gasteiger partial charge in [-0.1, -0.05) is 0 Å². The maximum absolute atomic E-state index is 4.02. The molecule has 2 bridgehead atoms. The van der Waals surface area contributed by atoms with E-state index in [9.17, 15) is 0 Å². The number of hydrogen-bond donors (Lipinski definition) is 2. The van der Waals surface area contributed by atoms with E-state index >= 15 is 0 Å². The topological polar surface area (TPSA) is 27.3 Å². The van der Waals surface area contributed by atoms with Crippen molar-refractivity contribution in [2.24, 2.45) is 0 Å². The lowest BCUT2D eigenvalue weighted by atomic mass is 9.79. The Labute approximate surface area is 124 Å². The van der Waals surface area contributed by atoms with Crippen molar-refractivity contribution in [3.8, 4) is 0 Å². The van der Waals surface area contributed by atoms with Crippen molar-refractivity contribution in [2.45, 2.75) is 101 Å². The van der Waals surface area contributed by atoms with Crippen molar-refractivity contribution < 1.29 is 0 Å². The zero-order valence-electron chi connectivity index (χ0n) is 14.0. The maximum atomic E-state index is 4.02. The van der Waals surface area contributed by atoms with Gasteiger partial charge in [-0.2, -0.15) is 0 Å². The summed E-state index contributed by atoms with van der Waals surface area (Å²) in [5.74, 6) is 0. The Hall–Kier alpha value is -0.120. The molecular formula is C17H33N3. The molecule has 3 rings (SSSR count). The van der Waals surface area contributed by atoms with Crippen LogP contribution in [0, 0.1) is 0 Å². The van der Waals surface area contributed by atoms with Gasteiger partial charge >= 0.3 is 0 Å². The summed E-state index contributed by atoms with van der Waals surface area (Å²) < 4.78 is 0. The molecule has 0 aliphatic carbocycles. The van der Waals surface area contributed by atoms with Gasteiger partial charge in [-0.15, -0.1) is 0 Å². The molecule has 3 heteroatoms. The second-order valence-electron chi connectivity index (χ2n) is 8.88. The van der Waals surface area contributed by atoms with Crippen LogP contribution in [-0.2, 0) is 0 Å². The van der Waals surface area contributed by atoms with Gasteiger partial charge in [0.05, 0.1) is 0 Å². The summed E-state index contributed by atoms with van der Waals surface area (Å²) in [6.45, 7) is 9.39. The molecule has 3 saturated heterocycles. The summed E-state index contributed by atoms with van der Waals surface area (Å²) in [5, 5.41) is 7.81. The monoisotopic (exact) mass is 279 g/mol. The molecule has 0 aromatic heterocycles. The highest BCUT2D eigenvalue weighted by atomic mass is 15.2. The quantitative estimate of drug-likeness (QED) is 0.813. The molecule has 116 valence electrons. The molecule has 2 N–H and O–H groups in total. The highest BCUT2D eigenvalue weighted by Gasteiger charge is 2.42. The molecule has 2 atom stereocenters. The molecule has 3 heterocycles. The van der Waals surface area contributed by atoms with Crippen molar-refractivity contribution in [1.82, 2.24) is 15.5 Å². The molecular weight excluding hydrogens is 246 g/mol. The van der Waals surface area contributed by atoms with Crippen LogP contribution in [0.3, 0.4) is 0 Å². The average molecular weight is 279 g/mol. The van der Waals surface area contributed by atoms with Gasteiger partial charge in [0, 0.05) is 35.2 Å². The molecule has 3 aliphatic rings. The van der Waals surface area contributed by atoms with Crippen LogP contribution in [0.2, 0.25) is 0 Å². The molecule has 3 aliphatic heterocycles. The minimum absolute atomic E-state index is 0.254. The first-order valence-electron chi connectivity index (χ1n) is 8.51. The fourth-order valence-electron chi connectivity index (χ4n) is 5.32. The van der Waals surface area contributed by atoms with E-state index in [4.69, 9.17) is 0 Å². The number of hydrogen-bond acceptors (Lipinski definition) is 3. The first kappa shape index (κ1) is 14.8. The number of rotatable bonds is 2. The molecule has 0 spiro atoms. The second kappa shape index (κ2) is 4.96. The third kappa shape index (κ3) is 3.05. The summed E-state index contributed by atoms with van der Waals surface area (Å²) in [7, 11) is 2.33. The summed E-state index contributed by atoms with van der Waals surface area (Å²) >= 11 is 0. The Kier molecular flexibility index (Phi) is 3.67. The van der Waals surface area contributed by atoms with Crippen LogP contribution >= 0.6 is 0 Å². The standard InChI is InChI=1S/C17H33N3/c1-16(2)10-13(11-17(3,4)19-16)18-12-8-14-6-7-15(9-12)20(14)5/h12-15,18-19H,6-11H2,1-5H3. The zero-order valence-corrected chi connectivity index (χ0v) is 14.0. The predicted octanol–water partition coefficient (Wildman–Crippen LogP) is 2.51. The van der Waals surface area contributed by atoms with Gasteiger partial charge in [0.2, 0.25) is 0 Å². The van der Waals surface area contributed by atoms with E-state index in [1.165, 1.54) is 38.5 Å². The minimum atomic E-state index is 0.254. The number of nitrogens with zero attached hydrogens (tertiary/aromatic N) is 1. The smallest absolute Gasteiger partial charge is 0.0144 e. The van der Waals surface area contributed by atoms with Gasteiger partial charge in [-0.3, -0.25) is 0 Å². The maximum Gasteiger partial charge on any atom is 0.0144 e. The minimum Gasteiger partial charge on any atom is -0.311 e. The van der Waals surface area contributed by atoms with Crippen LogP contribution in [0.5, 0.6) is 0 Å². The lowest BCUT2D eigenvalue weighted by Gasteiger charge is -2.48. The Balaban J connectivity index is 1.61.